The SMILES string of the molecule is Cl.O=C(CN1CCNCC12CCCCC2)NCCOc1ccccc1. The molecule has 1 heterocycles. The van der Waals surface area contributed by atoms with Crippen molar-refractivity contribution in [2.45, 2.75) is 37.6 Å². The highest BCUT2D eigenvalue weighted by molar-refractivity contribution is 5.85. The smallest absolute Gasteiger partial charge is 0.234 e. The Morgan fingerprint density at radius 1 is 1.20 bits per heavy atom. The van der Waals surface area contributed by atoms with Crippen LogP contribution in [0.25, 0.3) is 0 Å². The normalized spacial score (nSPS) is 19.8. The Balaban J connectivity index is 0.00000225. The van der Waals surface area contributed by atoms with Crippen molar-refractivity contribution in [3.63, 3.8) is 0 Å². The Morgan fingerprint density at radius 3 is 2.72 bits per heavy atom. The van der Waals surface area contributed by atoms with E-state index in [0.717, 1.165) is 25.4 Å². The van der Waals surface area contributed by atoms with E-state index in [1.807, 2.05) is 30.3 Å². The van der Waals surface area contributed by atoms with Crippen molar-refractivity contribution in [2.24, 2.45) is 0 Å². The number of halogens is 1. The molecule has 1 saturated heterocycles. The van der Waals surface area contributed by atoms with Crippen molar-refractivity contribution in [2.75, 3.05) is 39.3 Å². The lowest BCUT2D eigenvalue weighted by Crippen LogP contribution is -2.63. The molecule has 1 aliphatic carbocycles. The van der Waals surface area contributed by atoms with Crippen molar-refractivity contribution >= 4 is 18.3 Å². The Morgan fingerprint density at radius 2 is 1.96 bits per heavy atom. The minimum Gasteiger partial charge on any atom is -0.492 e. The quantitative estimate of drug-likeness (QED) is 0.757. The highest BCUT2D eigenvalue weighted by Crippen LogP contribution is 2.34. The largest absolute Gasteiger partial charge is 0.492 e. The van der Waals surface area contributed by atoms with Crippen LogP contribution in [0.5, 0.6) is 5.75 Å². The number of rotatable bonds is 6. The van der Waals surface area contributed by atoms with Gasteiger partial charge in [0.05, 0.1) is 13.1 Å². The Hall–Kier alpha value is -1.30. The van der Waals surface area contributed by atoms with Crippen LogP contribution in [0, 0.1) is 0 Å². The maximum Gasteiger partial charge on any atom is 0.234 e. The van der Waals surface area contributed by atoms with Crippen molar-refractivity contribution < 1.29 is 9.53 Å². The number of para-hydroxylation sites is 1. The summed E-state index contributed by atoms with van der Waals surface area (Å²) in [7, 11) is 0. The van der Waals surface area contributed by atoms with E-state index in [2.05, 4.69) is 15.5 Å². The molecule has 5 nitrogen and oxygen atoms in total. The molecule has 0 aromatic heterocycles. The summed E-state index contributed by atoms with van der Waals surface area (Å²) in [4.78, 5) is 14.7. The molecule has 1 amide bonds. The highest BCUT2D eigenvalue weighted by Gasteiger charge is 2.40. The van der Waals surface area contributed by atoms with Crippen LogP contribution in [0.4, 0.5) is 0 Å². The van der Waals surface area contributed by atoms with Gasteiger partial charge in [-0.05, 0) is 25.0 Å². The number of nitrogens with one attached hydrogen (secondary N) is 2. The second-order valence-electron chi connectivity index (χ2n) is 6.89. The third kappa shape index (κ3) is 5.59. The number of carbonyl (C=O) groups is 1. The van der Waals surface area contributed by atoms with E-state index in [-0.39, 0.29) is 23.9 Å². The fourth-order valence-corrected chi connectivity index (χ4v) is 3.94. The third-order valence-electron chi connectivity index (χ3n) is 5.24. The van der Waals surface area contributed by atoms with E-state index >= 15 is 0 Å². The molecule has 0 atom stereocenters. The fourth-order valence-electron chi connectivity index (χ4n) is 3.94. The summed E-state index contributed by atoms with van der Waals surface area (Å²) in [6, 6.07) is 9.71. The van der Waals surface area contributed by atoms with Gasteiger partial charge in [-0.2, -0.15) is 0 Å². The highest BCUT2D eigenvalue weighted by atomic mass is 35.5. The summed E-state index contributed by atoms with van der Waals surface area (Å²) < 4.78 is 5.62. The third-order valence-corrected chi connectivity index (χ3v) is 5.24. The fraction of sp³-hybridized carbons (Fsp3) is 0.632. The van der Waals surface area contributed by atoms with Gasteiger partial charge >= 0.3 is 0 Å². The van der Waals surface area contributed by atoms with Crippen LogP contribution in [0.15, 0.2) is 30.3 Å². The number of nitrogens with zero attached hydrogens (tertiary/aromatic N) is 1. The van der Waals surface area contributed by atoms with E-state index in [4.69, 9.17) is 4.74 Å². The molecule has 1 aliphatic heterocycles. The van der Waals surface area contributed by atoms with E-state index in [1.165, 1.54) is 32.1 Å². The first-order chi connectivity index (χ1) is 11.8. The van der Waals surface area contributed by atoms with Crippen molar-refractivity contribution in [1.29, 1.82) is 0 Å². The molecule has 2 N–H and O–H groups in total. The van der Waals surface area contributed by atoms with Gasteiger partial charge in [0.1, 0.15) is 12.4 Å². The van der Waals surface area contributed by atoms with Gasteiger partial charge < -0.3 is 15.4 Å². The van der Waals surface area contributed by atoms with Gasteiger partial charge in [0, 0.05) is 25.2 Å². The summed E-state index contributed by atoms with van der Waals surface area (Å²) in [5.41, 5.74) is 0.203. The summed E-state index contributed by atoms with van der Waals surface area (Å²) in [5.74, 6) is 0.952. The zero-order valence-electron chi connectivity index (χ0n) is 14.8. The first-order valence-electron chi connectivity index (χ1n) is 9.19. The minimum atomic E-state index is 0. The van der Waals surface area contributed by atoms with Gasteiger partial charge in [-0.15, -0.1) is 12.4 Å². The van der Waals surface area contributed by atoms with Gasteiger partial charge in [-0.25, -0.2) is 0 Å². The molecule has 140 valence electrons. The van der Waals surface area contributed by atoms with Crippen LogP contribution in [-0.4, -0.2) is 55.7 Å². The summed E-state index contributed by atoms with van der Waals surface area (Å²) in [5, 5.41) is 6.52. The Labute approximate surface area is 156 Å². The van der Waals surface area contributed by atoms with Gasteiger partial charge in [-0.3, -0.25) is 9.69 Å². The molecular formula is C19H30ClN3O2. The zero-order valence-corrected chi connectivity index (χ0v) is 15.7. The van der Waals surface area contributed by atoms with E-state index in [9.17, 15) is 4.79 Å². The molecule has 1 aromatic rings. The number of piperazine rings is 1. The van der Waals surface area contributed by atoms with Crippen LogP contribution in [0.2, 0.25) is 0 Å². The molecule has 2 fully saturated rings. The second-order valence-corrected chi connectivity index (χ2v) is 6.89. The Bertz CT molecular complexity index is 512. The number of benzene rings is 1. The van der Waals surface area contributed by atoms with Crippen LogP contribution in [-0.2, 0) is 4.79 Å². The molecule has 2 aliphatic rings. The molecule has 0 unspecified atom stereocenters. The van der Waals surface area contributed by atoms with Crippen molar-refractivity contribution in [3.8, 4) is 5.75 Å². The number of amides is 1. The molecule has 6 heteroatoms. The number of hydrogen-bond donors (Lipinski definition) is 2. The van der Waals surface area contributed by atoms with Crippen LogP contribution in [0.1, 0.15) is 32.1 Å². The van der Waals surface area contributed by atoms with E-state index in [0.29, 0.717) is 19.7 Å². The molecule has 3 rings (SSSR count). The summed E-state index contributed by atoms with van der Waals surface area (Å²) in [6.45, 7) is 4.53. The van der Waals surface area contributed by atoms with Crippen molar-refractivity contribution in [3.05, 3.63) is 30.3 Å². The molecule has 0 bridgehead atoms. The average Bonchev–Trinajstić information content (AvgIpc) is 2.63. The average molecular weight is 368 g/mol. The molecule has 1 aromatic carbocycles. The van der Waals surface area contributed by atoms with E-state index < -0.39 is 0 Å². The van der Waals surface area contributed by atoms with Crippen LogP contribution < -0.4 is 15.4 Å². The summed E-state index contributed by atoms with van der Waals surface area (Å²) in [6.07, 6.45) is 6.32. The van der Waals surface area contributed by atoms with Crippen LogP contribution >= 0.6 is 12.4 Å². The maximum absolute atomic E-state index is 12.3. The van der Waals surface area contributed by atoms with Gasteiger partial charge in [0.25, 0.3) is 0 Å². The molecule has 1 spiro atoms. The standard InChI is InChI=1S/C19H29N3O2.ClH/c23-18(21-12-14-24-17-7-3-1-4-8-17)15-22-13-11-20-16-19(22)9-5-2-6-10-19;/h1,3-4,7-8,20H,2,5-6,9-16H2,(H,21,23);1H. The predicted molar refractivity (Wildman–Crippen MR) is 102 cm³/mol. The topological polar surface area (TPSA) is 53.6 Å². The first kappa shape index (κ1) is 20.0. The lowest BCUT2D eigenvalue weighted by molar-refractivity contribution is -0.125. The van der Waals surface area contributed by atoms with Crippen LogP contribution in [0.3, 0.4) is 0 Å². The predicted octanol–water partition coefficient (Wildman–Crippen LogP) is 2.21. The monoisotopic (exact) mass is 367 g/mol. The maximum atomic E-state index is 12.3. The van der Waals surface area contributed by atoms with Gasteiger partial charge in [0.15, 0.2) is 0 Å². The van der Waals surface area contributed by atoms with Gasteiger partial charge in [0.2, 0.25) is 5.91 Å². The van der Waals surface area contributed by atoms with Crippen molar-refractivity contribution in [1.82, 2.24) is 15.5 Å². The summed E-state index contributed by atoms with van der Waals surface area (Å²) >= 11 is 0. The minimum absolute atomic E-state index is 0. The molecule has 0 radical (unpaired) electrons. The van der Waals surface area contributed by atoms with E-state index in [1.54, 1.807) is 0 Å². The zero-order chi connectivity index (χ0) is 16.7. The number of ether oxygens (including phenoxy) is 1. The molecule has 25 heavy (non-hydrogen) atoms. The van der Waals surface area contributed by atoms with Gasteiger partial charge in [-0.1, -0.05) is 37.5 Å². The number of hydrogen-bond acceptors (Lipinski definition) is 4. The lowest BCUT2D eigenvalue weighted by Gasteiger charge is -2.49. The number of carbonyl (C=O) groups excluding carboxylic acids is 1. The molecule has 1 saturated carbocycles. The second kappa shape index (κ2) is 10.00. The lowest BCUT2D eigenvalue weighted by atomic mass is 9.79. The molecular weight excluding hydrogens is 338 g/mol. The Kier molecular flexibility index (Phi) is 8.00. The first-order valence-corrected chi connectivity index (χ1v) is 9.19.